The average molecular weight is 382 g/mol. The minimum Gasteiger partial charge on any atom is -0.480 e. The van der Waals surface area contributed by atoms with E-state index in [0.29, 0.717) is 0 Å². The number of hydrogen-bond donors (Lipinski definition) is 2. The summed E-state index contributed by atoms with van der Waals surface area (Å²) in [5, 5.41) is 22.2. The zero-order chi connectivity index (χ0) is 20.2. The highest BCUT2D eigenvalue weighted by Crippen LogP contribution is 2.29. The number of hydrogen-bond acceptors (Lipinski definition) is 4. The first-order chi connectivity index (χ1) is 12.6. The molecule has 0 aromatic heterocycles. The molecule has 27 heavy (non-hydrogen) atoms. The van der Waals surface area contributed by atoms with E-state index in [1.807, 2.05) is 0 Å². The molecular weight excluding hydrogens is 369 g/mol. The third-order valence-electron chi connectivity index (χ3n) is 3.64. The maximum Gasteiger partial charge on any atom is 0.416 e. The van der Waals surface area contributed by atoms with Crippen LogP contribution in [-0.2, 0) is 17.4 Å². The number of halogens is 3. The van der Waals surface area contributed by atoms with Crippen LogP contribution in [0.1, 0.15) is 21.5 Å². The normalized spacial score (nSPS) is 12.3. The number of non-ortho nitro benzene ring substituents is 1. The summed E-state index contributed by atoms with van der Waals surface area (Å²) in [5.74, 6) is -2.24. The van der Waals surface area contributed by atoms with Crippen molar-refractivity contribution in [1.29, 1.82) is 0 Å². The monoisotopic (exact) mass is 382 g/mol. The second-order valence-corrected chi connectivity index (χ2v) is 5.57. The Bertz CT molecular complexity index is 866. The predicted octanol–water partition coefficient (Wildman–Crippen LogP) is 3.04. The van der Waals surface area contributed by atoms with Crippen molar-refractivity contribution in [2.75, 3.05) is 0 Å². The fourth-order valence-corrected chi connectivity index (χ4v) is 2.27. The molecule has 0 bridgehead atoms. The Balaban J connectivity index is 2.14. The maximum atomic E-state index is 12.6. The first-order valence-electron chi connectivity index (χ1n) is 7.52. The molecule has 2 aromatic carbocycles. The topological polar surface area (TPSA) is 110 Å². The van der Waals surface area contributed by atoms with Gasteiger partial charge < -0.3 is 10.4 Å². The number of carboxylic acids is 1. The molecule has 142 valence electrons. The Morgan fingerprint density at radius 2 is 1.78 bits per heavy atom. The number of benzene rings is 2. The van der Waals surface area contributed by atoms with Gasteiger partial charge in [-0.1, -0.05) is 18.2 Å². The Hall–Kier alpha value is -3.43. The van der Waals surface area contributed by atoms with E-state index in [4.69, 9.17) is 0 Å². The highest BCUT2D eigenvalue weighted by molar-refractivity contribution is 5.97. The van der Waals surface area contributed by atoms with Crippen molar-refractivity contribution in [3.8, 4) is 0 Å². The molecule has 0 saturated heterocycles. The smallest absolute Gasteiger partial charge is 0.416 e. The van der Waals surface area contributed by atoms with E-state index in [9.17, 15) is 38.0 Å². The van der Waals surface area contributed by atoms with Crippen LogP contribution in [0.4, 0.5) is 18.9 Å². The molecule has 7 nitrogen and oxygen atoms in total. The number of rotatable bonds is 6. The van der Waals surface area contributed by atoms with Crippen LogP contribution < -0.4 is 5.32 Å². The van der Waals surface area contributed by atoms with Crippen LogP contribution in [0.2, 0.25) is 0 Å². The molecule has 0 aliphatic carbocycles. The van der Waals surface area contributed by atoms with Crippen LogP contribution in [-0.4, -0.2) is 27.9 Å². The Morgan fingerprint density at radius 1 is 1.15 bits per heavy atom. The van der Waals surface area contributed by atoms with Gasteiger partial charge in [-0.3, -0.25) is 14.9 Å². The lowest BCUT2D eigenvalue weighted by molar-refractivity contribution is -0.384. The largest absolute Gasteiger partial charge is 0.480 e. The summed E-state index contributed by atoms with van der Waals surface area (Å²) in [6, 6.07) is 7.18. The summed E-state index contributed by atoms with van der Waals surface area (Å²) < 4.78 is 37.7. The Kier molecular flexibility index (Phi) is 5.78. The molecule has 10 heteroatoms. The highest BCUT2D eigenvalue weighted by Gasteiger charge is 2.30. The van der Waals surface area contributed by atoms with E-state index in [1.54, 1.807) is 0 Å². The molecule has 0 spiro atoms. The fourth-order valence-electron chi connectivity index (χ4n) is 2.27. The molecule has 0 saturated carbocycles. The third-order valence-corrected chi connectivity index (χ3v) is 3.64. The quantitative estimate of drug-likeness (QED) is 0.590. The van der Waals surface area contributed by atoms with Crippen molar-refractivity contribution in [3.63, 3.8) is 0 Å². The summed E-state index contributed by atoms with van der Waals surface area (Å²) in [5.41, 5.74) is -1.05. The van der Waals surface area contributed by atoms with Gasteiger partial charge in [0.15, 0.2) is 0 Å². The van der Waals surface area contributed by atoms with Crippen LogP contribution in [0, 0.1) is 10.1 Å². The van der Waals surface area contributed by atoms with Crippen molar-refractivity contribution in [3.05, 3.63) is 75.3 Å². The summed E-state index contributed by atoms with van der Waals surface area (Å²) in [6.07, 6.45) is -4.77. The van der Waals surface area contributed by atoms with Crippen molar-refractivity contribution in [1.82, 2.24) is 5.32 Å². The Morgan fingerprint density at radius 3 is 2.30 bits per heavy atom. The van der Waals surface area contributed by atoms with Gasteiger partial charge in [0.05, 0.1) is 10.5 Å². The number of alkyl halides is 3. The number of nitrogens with one attached hydrogen (secondary N) is 1. The van der Waals surface area contributed by atoms with Crippen LogP contribution in [0.3, 0.4) is 0 Å². The summed E-state index contributed by atoms with van der Waals surface area (Å²) in [7, 11) is 0. The molecule has 2 aromatic rings. The zero-order valence-corrected chi connectivity index (χ0v) is 13.6. The summed E-state index contributed by atoms with van der Waals surface area (Å²) in [4.78, 5) is 33.6. The van der Waals surface area contributed by atoms with Gasteiger partial charge >= 0.3 is 12.1 Å². The lowest BCUT2D eigenvalue weighted by atomic mass is 10.0. The number of nitro benzene ring substituents is 1. The van der Waals surface area contributed by atoms with Crippen LogP contribution in [0.15, 0.2) is 48.5 Å². The van der Waals surface area contributed by atoms with Gasteiger partial charge in [0.25, 0.3) is 11.6 Å². The second-order valence-electron chi connectivity index (χ2n) is 5.57. The zero-order valence-electron chi connectivity index (χ0n) is 13.6. The molecule has 0 radical (unpaired) electrons. The van der Waals surface area contributed by atoms with Gasteiger partial charge in [0.2, 0.25) is 0 Å². The minimum atomic E-state index is -4.51. The molecule has 0 unspecified atom stereocenters. The number of carboxylic acid groups (broad SMARTS) is 1. The van der Waals surface area contributed by atoms with Crippen LogP contribution in [0.25, 0.3) is 0 Å². The number of nitrogens with zero attached hydrogens (tertiary/aromatic N) is 1. The Labute approximate surface area is 150 Å². The number of carbonyl (C=O) groups excluding carboxylic acids is 1. The number of amides is 1. The maximum absolute atomic E-state index is 12.6. The van der Waals surface area contributed by atoms with E-state index < -0.39 is 34.6 Å². The molecule has 1 amide bonds. The summed E-state index contributed by atoms with van der Waals surface area (Å²) >= 11 is 0. The fraction of sp³-hybridized carbons (Fsp3) is 0.176. The van der Waals surface area contributed by atoms with E-state index in [1.165, 1.54) is 18.2 Å². The minimum absolute atomic E-state index is 0.108. The molecule has 2 rings (SSSR count). The molecule has 0 fully saturated rings. The van der Waals surface area contributed by atoms with Crippen LogP contribution >= 0.6 is 0 Å². The van der Waals surface area contributed by atoms with Crippen molar-refractivity contribution in [2.45, 2.75) is 18.6 Å². The first-order valence-corrected chi connectivity index (χ1v) is 7.52. The van der Waals surface area contributed by atoms with Gasteiger partial charge in [-0.05, 0) is 23.8 Å². The number of nitro groups is 1. The molecule has 0 heterocycles. The van der Waals surface area contributed by atoms with Crippen molar-refractivity contribution < 1.29 is 32.8 Å². The lowest BCUT2D eigenvalue weighted by Crippen LogP contribution is -2.42. The van der Waals surface area contributed by atoms with E-state index in [-0.39, 0.29) is 23.2 Å². The molecule has 0 aliphatic heterocycles. The third kappa shape index (κ3) is 5.27. The molecule has 1 atom stereocenters. The van der Waals surface area contributed by atoms with Gasteiger partial charge in [0, 0.05) is 24.1 Å². The number of carbonyl (C=O) groups is 2. The van der Waals surface area contributed by atoms with E-state index >= 15 is 0 Å². The van der Waals surface area contributed by atoms with Gasteiger partial charge in [-0.2, -0.15) is 13.2 Å². The van der Waals surface area contributed by atoms with Gasteiger partial charge in [-0.15, -0.1) is 0 Å². The van der Waals surface area contributed by atoms with E-state index in [2.05, 4.69) is 5.32 Å². The van der Waals surface area contributed by atoms with Crippen molar-refractivity contribution >= 4 is 17.6 Å². The standard InChI is InChI=1S/C17H13F3N2O5/c18-17(19,20)12-6-4-10(5-7-12)8-14(16(24)25)21-15(23)11-2-1-3-13(9-11)22(26)27/h1-7,9,14H,8H2,(H,21,23)(H,24,25)/t14-/m1/s1. The van der Waals surface area contributed by atoms with Crippen molar-refractivity contribution in [2.24, 2.45) is 0 Å². The molecular formula is C17H13F3N2O5. The second kappa shape index (κ2) is 7.85. The summed E-state index contributed by atoms with van der Waals surface area (Å²) in [6.45, 7) is 0. The van der Waals surface area contributed by atoms with Gasteiger partial charge in [-0.25, -0.2) is 4.79 Å². The molecule has 0 aliphatic rings. The predicted molar refractivity (Wildman–Crippen MR) is 87.1 cm³/mol. The average Bonchev–Trinajstić information content (AvgIpc) is 2.60. The lowest BCUT2D eigenvalue weighted by Gasteiger charge is -2.15. The molecule has 2 N–H and O–H groups in total. The van der Waals surface area contributed by atoms with Crippen LogP contribution in [0.5, 0.6) is 0 Å². The van der Waals surface area contributed by atoms with E-state index in [0.717, 1.165) is 30.3 Å². The SMILES string of the molecule is O=C(N[C@H](Cc1ccc(C(F)(F)F)cc1)C(=O)O)c1cccc([N+](=O)[O-])c1. The number of aliphatic carboxylic acids is 1. The first kappa shape index (κ1) is 19.9. The highest BCUT2D eigenvalue weighted by atomic mass is 19.4. The van der Waals surface area contributed by atoms with Gasteiger partial charge in [0.1, 0.15) is 6.04 Å².